The van der Waals surface area contributed by atoms with Crippen molar-refractivity contribution in [3.05, 3.63) is 169 Å². The highest BCUT2D eigenvalue weighted by atomic mass is 16.3. The fourth-order valence-electron chi connectivity index (χ4n) is 5.51. The van der Waals surface area contributed by atoms with Crippen LogP contribution in [0.15, 0.2) is 174 Å². The quantitative estimate of drug-likeness (QED) is 0.183. The summed E-state index contributed by atoms with van der Waals surface area (Å²) in [6.45, 7) is 0. The summed E-state index contributed by atoms with van der Waals surface area (Å²) in [5.41, 5.74) is -7.13. The second-order valence-corrected chi connectivity index (χ2v) is 10.3. The minimum Gasteiger partial charge on any atom is -0.456 e. The summed E-state index contributed by atoms with van der Waals surface area (Å²) in [6.07, 6.45) is 0. The van der Waals surface area contributed by atoms with Crippen LogP contribution in [0.1, 0.15) is 38.4 Å². The molecule has 0 aliphatic rings. The summed E-state index contributed by atoms with van der Waals surface area (Å²) < 4.78 is 254. The van der Waals surface area contributed by atoms with E-state index in [1.165, 1.54) is 0 Å². The van der Waals surface area contributed by atoms with Gasteiger partial charge in [0, 0.05) is 32.7 Å². The van der Waals surface area contributed by atoms with E-state index >= 15 is 0 Å². The van der Waals surface area contributed by atoms with Crippen molar-refractivity contribution >= 4 is 43.7 Å². The standard InChI is InChI=1S/C45H28N4O/c1-4-14-29(15-5-1)32-26-27-38-36(28-32)34-20-10-11-23-37(34)49(38)45-47-43(31-18-8-3-9-19-31)46-44(48-45)35-22-13-25-40-42(35)41-33(21-12-24-39(41)50-40)30-16-6-2-7-17-30/h1-28H/i1D,2D,3D,4D,5D,6D,7D,8D,9D,10D,11D,12D,13D,14D,15D,16D,17D,18D,19D,20D,21D,22D,23D,24D,25D,26D,27D,28D. The predicted octanol–water partition coefficient (Wildman–Crippen LogP) is 11.5. The zero-order valence-corrected chi connectivity index (χ0v) is 24.7. The van der Waals surface area contributed by atoms with Crippen molar-refractivity contribution in [1.29, 1.82) is 0 Å². The molecule has 50 heavy (non-hydrogen) atoms. The van der Waals surface area contributed by atoms with E-state index < -0.39 is 264 Å². The monoisotopic (exact) mass is 668 g/mol. The molecule has 3 heterocycles. The lowest BCUT2D eigenvalue weighted by Crippen LogP contribution is -2.06. The predicted molar refractivity (Wildman–Crippen MR) is 203 cm³/mol. The van der Waals surface area contributed by atoms with Crippen LogP contribution >= 0.6 is 0 Å². The molecular formula is C45H28N4O. The molecular weight excluding hydrogens is 613 g/mol. The first-order valence-electron chi connectivity index (χ1n) is 28.4. The lowest BCUT2D eigenvalue weighted by Gasteiger charge is -2.12. The fraction of sp³-hybridized carbons (Fsp3) is 0. The van der Waals surface area contributed by atoms with E-state index in [9.17, 15) is 8.22 Å². The molecule has 5 heteroatoms. The largest absolute Gasteiger partial charge is 0.456 e. The average Bonchev–Trinajstić information content (AvgIpc) is 4.22. The second-order valence-electron chi connectivity index (χ2n) is 10.3. The Balaban J connectivity index is 1.48. The van der Waals surface area contributed by atoms with Crippen molar-refractivity contribution in [2.45, 2.75) is 0 Å². The lowest BCUT2D eigenvalue weighted by molar-refractivity contribution is 0.669. The van der Waals surface area contributed by atoms with Gasteiger partial charge in [0.2, 0.25) is 5.95 Å². The van der Waals surface area contributed by atoms with Gasteiger partial charge in [-0.25, -0.2) is 4.98 Å². The van der Waals surface area contributed by atoms with Crippen molar-refractivity contribution in [2.24, 2.45) is 0 Å². The Bertz CT molecular complexity index is 4410. The van der Waals surface area contributed by atoms with Crippen molar-refractivity contribution < 1.29 is 42.8 Å². The molecule has 5 nitrogen and oxygen atoms in total. The molecule has 0 saturated heterocycles. The minimum absolute atomic E-state index is 0.560. The molecule has 234 valence electrons. The number of hydrogen-bond donors (Lipinski definition) is 0. The van der Waals surface area contributed by atoms with Gasteiger partial charge < -0.3 is 4.42 Å². The molecule has 10 aromatic rings. The highest BCUT2D eigenvalue weighted by molar-refractivity contribution is 6.17. The second kappa shape index (κ2) is 11.4. The molecule has 0 aliphatic heterocycles. The minimum atomic E-state index is -0.998. The van der Waals surface area contributed by atoms with Crippen LogP contribution in [0, 0.1) is 0 Å². The summed E-state index contributed by atoms with van der Waals surface area (Å²) in [6, 6.07) is -25.7. The molecule has 0 radical (unpaired) electrons. The third-order valence-corrected chi connectivity index (χ3v) is 7.56. The van der Waals surface area contributed by atoms with E-state index in [1.807, 2.05) is 0 Å². The van der Waals surface area contributed by atoms with Gasteiger partial charge in [-0.05, 0) is 52.5 Å². The molecule has 0 atom stereocenters. The Labute approximate surface area is 327 Å². The molecule has 0 N–H and O–H groups in total. The summed E-state index contributed by atoms with van der Waals surface area (Å²) in [5.74, 6) is -2.73. The van der Waals surface area contributed by atoms with Crippen LogP contribution in [0.2, 0.25) is 0 Å². The maximum Gasteiger partial charge on any atom is 0.238 e. The molecule has 3 aromatic heterocycles. The average molecular weight is 669 g/mol. The molecule has 0 unspecified atom stereocenters. The summed E-state index contributed by atoms with van der Waals surface area (Å²) in [7, 11) is 0. The van der Waals surface area contributed by atoms with E-state index in [-0.39, 0.29) is 0 Å². The molecule has 0 aliphatic carbocycles. The Morgan fingerprint density at radius 2 is 1.00 bits per heavy atom. The van der Waals surface area contributed by atoms with Crippen LogP contribution in [-0.4, -0.2) is 19.5 Å². The van der Waals surface area contributed by atoms with E-state index in [2.05, 4.69) is 15.0 Å². The van der Waals surface area contributed by atoms with Gasteiger partial charge in [0.15, 0.2) is 11.6 Å². The maximum atomic E-state index is 9.61. The maximum absolute atomic E-state index is 9.61. The van der Waals surface area contributed by atoms with E-state index in [1.54, 1.807) is 0 Å². The third kappa shape index (κ3) is 4.52. The van der Waals surface area contributed by atoms with Gasteiger partial charge in [-0.1, -0.05) is 139 Å². The van der Waals surface area contributed by atoms with Crippen LogP contribution in [0.3, 0.4) is 0 Å². The van der Waals surface area contributed by atoms with Crippen LogP contribution in [0.25, 0.3) is 94.7 Å². The van der Waals surface area contributed by atoms with E-state index in [0.717, 1.165) is 4.57 Å². The zero-order valence-electron chi connectivity index (χ0n) is 52.7. The Kier molecular flexibility index (Phi) is 2.72. The number of hydrogen-bond acceptors (Lipinski definition) is 4. The van der Waals surface area contributed by atoms with Crippen molar-refractivity contribution in [2.75, 3.05) is 0 Å². The zero-order chi connectivity index (χ0) is 57.4. The first-order chi connectivity index (χ1) is 36.4. The van der Waals surface area contributed by atoms with Gasteiger partial charge in [-0.15, -0.1) is 0 Å². The summed E-state index contributed by atoms with van der Waals surface area (Å²) in [5, 5.41) is -2.34. The number of benzene rings is 7. The van der Waals surface area contributed by atoms with E-state index in [4.69, 9.17) is 34.6 Å². The van der Waals surface area contributed by atoms with Gasteiger partial charge in [-0.3, -0.25) is 4.57 Å². The van der Waals surface area contributed by atoms with Crippen LogP contribution < -0.4 is 0 Å². The number of aromatic nitrogens is 4. The van der Waals surface area contributed by atoms with Crippen LogP contribution in [0.5, 0.6) is 0 Å². The SMILES string of the molecule is [2H]c1c([2H])c([2H])c(-c2nc(-c3c([2H])c([2H])c([2H])c4oc5c([2H])c([2H])c([2H])c(-c6c([2H])c([2H])c([2H])c([2H])c6[2H])c5c34)nc(-n3c4c([2H])c([2H])c([2H])c([2H])c4c4c([2H])c(-c5c([2H])c([2H])c([2H])c([2H])c5[2H])c([2H])c([2H])c43)n2)c([2H])c1[2H]. The highest BCUT2D eigenvalue weighted by Crippen LogP contribution is 2.41. The topological polar surface area (TPSA) is 56.7 Å². The molecule has 0 saturated carbocycles. The van der Waals surface area contributed by atoms with Gasteiger partial charge in [0.1, 0.15) is 11.2 Å². The van der Waals surface area contributed by atoms with Gasteiger partial charge in [0.05, 0.1) is 49.4 Å². The number of fused-ring (bicyclic) bond motifs is 6. The first kappa shape index (κ1) is 11.9. The number of furan rings is 1. The fourth-order valence-corrected chi connectivity index (χ4v) is 5.51. The van der Waals surface area contributed by atoms with E-state index in [0.29, 0.717) is 0 Å². The first-order valence-corrected chi connectivity index (χ1v) is 14.4. The van der Waals surface area contributed by atoms with Gasteiger partial charge >= 0.3 is 0 Å². The van der Waals surface area contributed by atoms with Crippen LogP contribution in [0.4, 0.5) is 0 Å². The van der Waals surface area contributed by atoms with Crippen molar-refractivity contribution in [1.82, 2.24) is 19.5 Å². The Morgan fingerprint density at radius 1 is 0.420 bits per heavy atom. The summed E-state index contributed by atoms with van der Waals surface area (Å²) >= 11 is 0. The number of nitrogens with zero attached hydrogens (tertiary/aromatic N) is 4. The molecule has 7 aromatic carbocycles. The highest BCUT2D eigenvalue weighted by Gasteiger charge is 2.22. The van der Waals surface area contributed by atoms with Crippen molar-refractivity contribution in [3.8, 4) is 51.0 Å². The Morgan fingerprint density at radius 3 is 1.74 bits per heavy atom. The van der Waals surface area contributed by atoms with Crippen molar-refractivity contribution in [3.63, 3.8) is 0 Å². The molecule has 0 amide bonds. The molecule has 0 spiro atoms. The molecule has 0 fully saturated rings. The van der Waals surface area contributed by atoms with Gasteiger partial charge in [-0.2, -0.15) is 9.97 Å². The lowest BCUT2D eigenvalue weighted by atomic mass is 9.97. The Hall–Kier alpha value is -6.85. The number of para-hydroxylation sites is 1. The molecule has 10 rings (SSSR count). The summed E-state index contributed by atoms with van der Waals surface area (Å²) in [4.78, 5) is 13.5. The smallest absolute Gasteiger partial charge is 0.238 e. The van der Waals surface area contributed by atoms with Gasteiger partial charge in [0.25, 0.3) is 0 Å². The molecule has 0 bridgehead atoms. The normalized spacial score (nSPS) is 19.4. The van der Waals surface area contributed by atoms with Crippen LogP contribution in [-0.2, 0) is 0 Å². The number of rotatable bonds is 5. The third-order valence-electron chi connectivity index (χ3n) is 7.56.